The Morgan fingerprint density at radius 2 is 1.81 bits per heavy atom. The molecule has 9 heteroatoms. The Bertz CT molecular complexity index is 962. The summed E-state index contributed by atoms with van der Waals surface area (Å²) >= 11 is 3.71. The largest absolute Gasteiger partial charge is 0.755 e. The van der Waals surface area contributed by atoms with Gasteiger partial charge in [-0.2, -0.15) is 0 Å². The van der Waals surface area contributed by atoms with Gasteiger partial charge in [0, 0.05) is 60.6 Å². The molecule has 1 fully saturated rings. The summed E-state index contributed by atoms with van der Waals surface area (Å²) in [6.45, 7) is 3.82. The van der Waals surface area contributed by atoms with Crippen molar-refractivity contribution in [1.29, 1.82) is 0 Å². The second-order valence-electron chi connectivity index (χ2n) is 7.87. The number of carbonyl (C=O) groups excluding carboxylic acids is 2. The van der Waals surface area contributed by atoms with Gasteiger partial charge in [-0.3, -0.25) is 13.8 Å². The molecule has 7 nitrogen and oxygen atoms in total. The molecule has 1 aliphatic rings. The van der Waals surface area contributed by atoms with Crippen molar-refractivity contribution >= 4 is 40.4 Å². The highest BCUT2D eigenvalue weighted by Crippen LogP contribution is 2.21. The van der Waals surface area contributed by atoms with E-state index in [-0.39, 0.29) is 18.4 Å². The Morgan fingerprint density at radius 3 is 2.41 bits per heavy atom. The number of likely N-dealkylation sites (tertiary alicyclic amines) is 1. The number of benzene rings is 2. The lowest BCUT2D eigenvalue weighted by Gasteiger charge is -2.31. The van der Waals surface area contributed by atoms with Crippen LogP contribution in [0.15, 0.2) is 48.5 Å². The lowest BCUT2D eigenvalue weighted by molar-refractivity contribution is -0.130. The number of hydrogen-bond donors (Lipinski definition) is 1. The van der Waals surface area contributed by atoms with Crippen LogP contribution in [0.5, 0.6) is 0 Å². The minimum absolute atomic E-state index is 0.0903. The van der Waals surface area contributed by atoms with Crippen molar-refractivity contribution < 1.29 is 18.4 Å². The molecule has 172 valence electrons. The summed E-state index contributed by atoms with van der Waals surface area (Å²) in [5.41, 5.74) is 1.82. The number of carbonyl (C=O) groups is 2. The lowest BCUT2D eigenvalue weighted by atomic mass is 9.96. The summed E-state index contributed by atoms with van der Waals surface area (Å²) in [5.74, 6) is 0.237. The molecule has 1 unspecified atom stereocenters. The Hall–Kier alpha value is -2.42. The first-order valence-corrected chi connectivity index (χ1v) is 12.0. The first-order chi connectivity index (χ1) is 15.3. The Balaban J connectivity index is 1.54. The molecule has 32 heavy (non-hydrogen) atoms. The van der Waals surface area contributed by atoms with Gasteiger partial charge in [-0.05, 0) is 61.1 Å². The number of nitrogens with zero attached hydrogens (tertiary/aromatic N) is 2. The minimum Gasteiger partial charge on any atom is -0.755 e. The van der Waals surface area contributed by atoms with Gasteiger partial charge in [0.2, 0.25) is 5.91 Å². The van der Waals surface area contributed by atoms with E-state index in [4.69, 9.17) is 11.6 Å². The van der Waals surface area contributed by atoms with Crippen LogP contribution in [-0.2, 0) is 22.5 Å². The molecule has 0 aromatic heterocycles. The average molecular weight is 477 g/mol. The maximum Gasteiger partial charge on any atom is 0.251 e. The number of piperidine rings is 1. The minimum atomic E-state index is -2.45. The molecule has 1 N–H and O–H groups in total. The molecular formula is C23H27ClN3O4S-. The molecule has 1 atom stereocenters. The highest BCUT2D eigenvalue weighted by Gasteiger charge is 2.21. The Morgan fingerprint density at radius 1 is 1.16 bits per heavy atom. The standard InChI is InChI=1S/C23H28ClN3O4S/c1-17(28)26-13-10-18(11-14-26)16-25-23(29)20-6-8-21(9-7-20)27(32(30)31)15-12-19-4-2-3-5-22(19)24/h2-9,18H,10-16H2,1H3,(H,25,29)(H,30,31)/p-1. The van der Waals surface area contributed by atoms with Crippen molar-refractivity contribution in [2.45, 2.75) is 26.2 Å². The topological polar surface area (TPSA) is 92.8 Å². The summed E-state index contributed by atoms with van der Waals surface area (Å²) in [6, 6.07) is 13.8. The van der Waals surface area contributed by atoms with Gasteiger partial charge >= 0.3 is 0 Å². The second-order valence-corrected chi connectivity index (χ2v) is 9.15. The van der Waals surface area contributed by atoms with Gasteiger partial charge in [-0.25, -0.2) is 0 Å². The Kier molecular flexibility index (Phi) is 8.67. The fraction of sp³-hybridized carbons (Fsp3) is 0.391. The number of rotatable bonds is 8. The summed E-state index contributed by atoms with van der Waals surface area (Å²) in [7, 11) is 0. The smallest absolute Gasteiger partial charge is 0.251 e. The number of amides is 2. The third-order valence-electron chi connectivity index (χ3n) is 5.75. The zero-order valence-corrected chi connectivity index (χ0v) is 19.5. The van der Waals surface area contributed by atoms with E-state index < -0.39 is 11.3 Å². The third kappa shape index (κ3) is 6.54. The van der Waals surface area contributed by atoms with E-state index in [0.717, 1.165) is 31.5 Å². The normalized spacial score (nSPS) is 15.3. The molecule has 3 rings (SSSR count). The van der Waals surface area contributed by atoms with E-state index in [1.54, 1.807) is 37.3 Å². The SMILES string of the molecule is CC(=O)N1CCC(CNC(=O)c2ccc(N(CCc3ccccc3Cl)S(=O)[O-])cc2)CC1. The molecule has 2 aromatic carbocycles. The van der Waals surface area contributed by atoms with Crippen molar-refractivity contribution in [1.82, 2.24) is 10.2 Å². The summed E-state index contributed by atoms with van der Waals surface area (Å²) in [5, 5.41) is 3.54. The lowest BCUT2D eigenvalue weighted by Crippen LogP contribution is -2.40. The predicted molar refractivity (Wildman–Crippen MR) is 125 cm³/mol. The van der Waals surface area contributed by atoms with Gasteiger partial charge < -0.3 is 19.1 Å². The zero-order valence-electron chi connectivity index (χ0n) is 18.0. The zero-order chi connectivity index (χ0) is 23.1. The summed E-state index contributed by atoms with van der Waals surface area (Å²) < 4.78 is 24.8. The van der Waals surface area contributed by atoms with Gasteiger partial charge in [0.15, 0.2) is 0 Å². The fourth-order valence-corrected chi connectivity index (χ4v) is 4.55. The van der Waals surface area contributed by atoms with Crippen molar-refractivity contribution in [2.75, 3.05) is 30.5 Å². The molecule has 2 aromatic rings. The van der Waals surface area contributed by atoms with Crippen LogP contribution in [0.2, 0.25) is 5.02 Å². The van der Waals surface area contributed by atoms with Crippen molar-refractivity contribution in [3.05, 3.63) is 64.7 Å². The molecule has 2 amide bonds. The van der Waals surface area contributed by atoms with Crippen LogP contribution < -0.4 is 9.62 Å². The van der Waals surface area contributed by atoms with Crippen molar-refractivity contribution in [3.8, 4) is 0 Å². The monoisotopic (exact) mass is 476 g/mol. The third-order valence-corrected chi connectivity index (χ3v) is 6.87. The average Bonchev–Trinajstić information content (AvgIpc) is 2.79. The second kappa shape index (κ2) is 11.4. The molecule has 1 heterocycles. The van der Waals surface area contributed by atoms with E-state index >= 15 is 0 Å². The molecule has 0 spiro atoms. The van der Waals surface area contributed by atoms with Crippen LogP contribution in [0.25, 0.3) is 0 Å². The van der Waals surface area contributed by atoms with Gasteiger partial charge in [0.05, 0.1) is 0 Å². The quantitative estimate of drug-likeness (QED) is 0.592. The van der Waals surface area contributed by atoms with Crippen LogP contribution in [0.3, 0.4) is 0 Å². The summed E-state index contributed by atoms with van der Waals surface area (Å²) in [4.78, 5) is 25.7. The maximum atomic E-state index is 12.5. The number of halogens is 1. The summed E-state index contributed by atoms with van der Waals surface area (Å²) in [6.07, 6.45) is 2.21. The fourth-order valence-electron chi connectivity index (χ4n) is 3.78. The molecule has 0 saturated carbocycles. The predicted octanol–water partition coefficient (Wildman–Crippen LogP) is 3.17. The molecule has 0 aliphatic carbocycles. The first-order valence-electron chi connectivity index (χ1n) is 10.6. The van der Waals surface area contributed by atoms with Gasteiger partial charge in [0.1, 0.15) is 0 Å². The maximum absolute atomic E-state index is 12.5. The molecule has 0 bridgehead atoms. The molecule has 0 radical (unpaired) electrons. The highest BCUT2D eigenvalue weighted by molar-refractivity contribution is 7.80. The van der Waals surface area contributed by atoms with Crippen LogP contribution in [0.4, 0.5) is 5.69 Å². The number of hydrogen-bond acceptors (Lipinski definition) is 4. The number of anilines is 1. The van der Waals surface area contributed by atoms with Gasteiger partial charge in [0.25, 0.3) is 5.91 Å². The highest BCUT2D eigenvalue weighted by atomic mass is 35.5. The Labute approximate surface area is 196 Å². The molecule has 1 saturated heterocycles. The van der Waals surface area contributed by atoms with Crippen LogP contribution in [0.1, 0.15) is 35.7 Å². The molecular weight excluding hydrogens is 450 g/mol. The van der Waals surface area contributed by atoms with Crippen LogP contribution in [-0.4, -0.2) is 51.7 Å². The first kappa shape index (κ1) is 24.2. The number of nitrogens with one attached hydrogen (secondary N) is 1. The van der Waals surface area contributed by atoms with E-state index in [0.29, 0.717) is 35.2 Å². The van der Waals surface area contributed by atoms with E-state index in [9.17, 15) is 18.4 Å². The van der Waals surface area contributed by atoms with E-state index in [1.807, 2.05) is 23.1 Å². The van der Waals surface area contributed by atoms with Crippen molar-refractivity contribution in [2.24, 2.45) is 5.92 Å². The van der Waals surface area contributed by atoms with Crippen LogP contribution in [0, 0.1) is 5.92 Å². The van der Waals surface area contributed by atoms with Crippen LogP contribution >= 0.6 is 11.6 Å². The van der Waals surface area contributed by atoms with Gasteiger partial charge in [-0.15, -0.1) is 0 Å². The van der Waals surface area contributed by atoms with E-state index in [1.165, 1.54) is 4.31 Å². The molecule has 1 aliphatic heterocycles. The van der Waals surface area contributed by atoms with Gasteiger partial charge in [-0.1, -0.05) is 29.8 Å². The van der Waals surface area contributed by atoms with Crippen molar-refractivity contribution in [3.63, 3.8) is 0 Å². The van der Waals surface area contributed by atoms with E-state index in [2.05, 4.69) is 5.32 Å².